The normalized spacial score (nSPS) is 15.9. The number of carbonyl (C=O) groups is 5. The minimum absolute atomic E-state index is 0.000810. The van der Waals surface area contributed by atoms with Crippen LogP contribution in [0.2, 0.25) is 0 Å². The molecule has 0 spiro atoms. The number of aliphatic hydroxyl groups is 11. The van der Waals surface area contributed by atoms with Crippen LogP contribution in [0.3, 0.4) is 0 Å². The van der Waals surface area contributed by atoms with Crippen LogP contribution in [0.15, 0.2) is 24.3 Å². The zero-order valence-corrected chi connectivity index (χ0v) is 46.6. The summed E-state index contributed by atoms with van der Waals surface area (Å²) < 4.78 is 32.9. The first kappa shape index (κ1) is 74.6. The number of nitrogens with one attached hydrogen (secondary N) is 5. The summed E-state index contributed by atoms with van der Waals surface area (Å²) in [5, 5.41) is 121. The van der Waals surface area contributed by atoms with Crippen LogP contribution in [-0.4, -0.2) is 283 Å². The molecule has 0 radical (unpaired) electrons. The number of unbranched alkanes of at least 4 members (excludes halogenated alkanes) is 1. The second kappa shape index (κ2) is 45.1. The number of carbonyl (C=O) groups excluding carboxylic acids is 5. The molecular weight excluding hydrogens is 1080 g/mol. The molecule has 1 aromatic carbocycles. The fourth-order valence-corrected chi connectivity index (χ4v) is 7.39. The van der Waals surface area contributed by atoms with Gasteiger partial charge in [0.1, 0.15) is 48.7 Å². The van der Waals surface area contributed by atoms with E-state index in [1.807, 2.05) is 0 Å². The van der Waals surface area contributed by atoms with Crippen LogP contribution in [-0.2, 0) is 54.2 Å². The Labute approximate surface area is 472 Å². The first-order chi connectivity index (χ1) is 38.7. The second-order valence-electron chi connectivity index (χ2n) is 19.3. The number of primary amides is 1. The highest BCUT2D eigenvalue weighted by Gasteiger charge is 2.35. The lowest BCUT2D eigenvalue weighted by atomic mass is 10.0. The highest BCUT2D eigenvalue weighted by Crippen LogP contribution is 2.14. The van der Waals surface area contributed by atoms with E-state index in [2.05, 4.69) is 26.6 Å². The standard InChI is InChI=1S/C51H94N8O22/c1-33(2)43(50(74)57-37(7-5-14-55-51(53)75)49(73)56-35-10-8-34(30-60)9-11-35)58-48(72)36(52)6-3-4-13-54-42(67)12-16-76-18-20-78-22-24-80-26-27-81-25-23-79-21-19-77-17-15-59(28-38(63)44(68)46(70)40(65)31-61)29-39(64)45(69)47(71)41(66)32-62/h8-11,33,36-41,43-47,60-66,68-71H,3-7,12-32,52H2,1-2H3,(H,54,67)(H,56,73)(H,57,74)(H,58,72)(H3,53,55,75)/t36-,37-,38-,39-,40+,41+,43-,44+,45+,46+,47+/m0/s1. The number of rotatable bonds is 50. The van der Waals surface area contributed by atoms with E-state index in [-0.39, 0.29) is 97.0 Å². The third-order valence-electron chi connectivity index (χ3n) is 12.3. The predicted molar refractivity (Wildman–Crippen MR) is 290 cm³/mol. The Kier molecular flexibility index (Phi) is 41.5. The van der Waals surface area contributed by atoms with Gasteiger partial charge in [0.25, 0.3) is 0 Å². The molecular formula is C51H94N8O22. The molecule has 1 aromatic rings. The maximum atomic E-state index is 13.5. The largest absolute Gasteiger partial charge is 0.394 e. The molecule has 20 N–H and O–H groups in total. The van der Waals surface area contributed by atoms with Crippen molar-refractivity contribution in [1.29, 1.82) is 0 Å². The highest BCUT2D eigenvalue weighted by molar-refractivity contribution is 5.98. The summed E-state index contributed by atoms with van der Waals surface area (Å²) in [4.78, 5) is 64.5. The Morgan fingerprint density at radius 2 is 1.00 bits per heavy atom. The maximum absolute atomic E-state index is 13.5. The molecule has 0 aromatic heterocycles. The quantitative estimate of drug-likeness (QED) is 0.0270. The fraction of sp³-hybridized carbons (Fsp3) is 0.784. The maximum Gasteiger partial charge on any atom is 0.312 e. The number of ether oxygens (including phenoxy) is 6. The van der Waals surface area contributed by atoms with Crippen LogP contribution in [0.1, 0.15) is 57.9 Å². The number of nitrogens with zero attached hydrogens (tertiary/aromatic N) is 1. The molecule has 30 nitrogen and oxygen atoms in total. The van der Waals surface area contributed by atoms with Crippen LogP contribution in [0, 0.1) is 5.92 Å². The summed E-state index contributed by atoms with van der Waals surface area (Å²) in [6.45, 7) is 4.09. The first-order valence-corrected chi connectivity index (χ1v) is 27.2. The van der Waals surface area contributed by atoms with Gasteiger partial charge < -0.3 is 123 Å². The Morgan fingerprint density at radius 1 is 0.543 bits per heavy atom. The summed E-state index contributed by atoms with van der Waals surface area (Å²) in [6.07, 6.45) is -12.5. The van der Waals surface area contributed by atoms with Gasteiger partial charge in [-0.25, -0.2) is 4.79 Å². The molecule has 0 aliphatic carbocycles. The van der Waals surface area contributed by atoms with E-state index < -0.39 is 117 Å². The minimum Gasteiger partial charge on any atom is -0.394 e. The van der Waals surface area contributed by atoms with E-state index in [1.165, 1.54) is 4.90 Å². The zero-order valence-electron chi connectivity index (χ0n) is 46.6. The monoisotopic (exact) mass is 1170 g/mol. The molecule has 0 heterocycles. The lowest BCUT2D eigenvalue weighted by molar-refractivity contribution is -0.132. The van der Waals surface area contributed by atoms with Gasteiger partial charge >= 0.3 is 6.03 Å². The minimum atomic E-state index is -1.90. The Morgan fingerprint density at radius 3 is 1.46 bits per heavy atom. The fourth-order valence-electron chi connectivity index (χ4n) is 7.39. The van der Waals surface area contributed by atoms with Crippen LogP contribution in [0.25, 0.3) is 0 Å². The van der Waals surface area contributed by atoms with Crippen molar-refractivity contribution in [2.45, 2.75) is 126 Å². The molecule has 30 heteroatoms. The van der Waals surface area contributed by atoms with Gasteiger partial charge in [-0.1, -0.05) is 26.0 Å². The number of benzene rings is 1. The summed E-state index contributed by atoms with van der Waals surface area (Å²) >= 11 is 0. The molecule has 0 aliphatic heterocycles. The third kappa shape index (κ3) is 34.1. The molecule has 81 heavy (non-hydrogen) atoms. The zero-order chi connectivity index (χ0) is 60.5. The van der Waals surface area contributed by atoms with Gasteiger partial charge in [0.2, 0.25) is 23.6 Å². The van der Waals surface area contributed by atoms with Crippen LogP contribution >= 0.6 is 0 Å². The molecule has 11 atom stereocenters. The van der Waals surface area contributed by atoms with E-state index in [0.29, 0.717) is 70.1 Å². The van der Waals surface area contributed by atoms with Gasteiger partial charge in [-0.05, 0) is 55.7 Å². The second-order valence-corrected chi connectivity index (χ2v) is 19.3. The topological polar surface area (TPSA) is 479 Å². The van der Waals surface area contributed by atoms with Crippen molar-refractivity contribution in [3.8, 4) is 0 Å². The summed E-state index contributed by atoms with van der Waals surface area (Å²) in [7, 11) is 0. The van der Waals surface area contributed by atoms with Gasteiger partial charge in [0.15, 0.2) is 0 Å². The average Bonchev–Trinajstić information content (AvgIpc) is 3.46. The van der Waals surface area contributed by atoms with Crippen molar-refractivity contribution in [1.82, 2.24) is 26.2 Å². The number of nitrogens with two attached hydrogens (primary N) is 2. The lowest BCUT2D eigenvalue weighted by Gasteiger charge is -2.33. The number of amides is 6. The van der Waals surface area contributed by atoms with Crippen molar-refractivity contribution in [2.24, 2.45) is 17.4 Å². The van der Waals surface area contributed by atoms with Gasteiger partial charge in [-0.3, -0.25) is 24.1 Å². The molecule has 6 amide bonds. The van der Waals surface area contributed by atoms with Crippen molar-refractivity contribution >= 4 is 35.3 Å². The Balaban J connectivity index is 2.20. The molecule has 470 valence electrons. The molecule has 0 saturated carbocycles. The number of urea groups is 1. The van der Waals surface area contributed by atoms with E-state index in [0.717, 1.165) is 0 Å². The van der Waals surface area contributed by atoms with E-state index in [1.54, 1.807) is 38.1 Å². The SMILES string of the molecule is CC(C)[C@H](NC(=O)[C@@H](N)CCCCNC(=O)CCOCCOCCOCCOCCOCCOCCN(C[C@H](O)[C@@H](O)[C@H](O)[C@H](O)CO)C[C@H](O)[C@@H](O)[C@H](O)[C@H](O)CO)C(=O)N[C@@H](CCCNC(N)=O)C(=O)Nc1ccc(CO)cc1. The number of anilines is 1. The van der Waals surface area contributed by atoms with Crippen molar-refractivity contribution in [3.05, 3.63) is 29.8 Å². The molecule has 0 saturated heterocycles. The summed E-state index contributed by atoms with van der Waals surface area (Å²) in [5.74, 6) is -2.25. The average molecular weight is 1170 g/mol. The molecule has 0 fully saturated rings. The van der Waals surface area contributed by atoms with Crippen LogP contribution in [0.4, 0.5) is 10.5 Å². The molecule has 0 unspecified atom stereocenters. The Bertz CT molecular complexity index is 1800. The molecule has 1 rings (SSSR count). The molecule has 0 bridgehead atoms. The predicted octanol–water partition coefficient (Wildman–Crippen LogP) is -6.53. The third-order valence-corrected chi connectivity index (χ3v) is 12.3. The van der Waals surface area contributed by atoms with Gasteiger partial charge in [0, 0.05) is 44.8 Å². The van der Waals surface area contributed by atoms with Crippen molar-refractivity contribution in [2.75, 3.05) is 131 Å². The lowest BCUT2D eigenvalue weighted by Crippen LogP contribution is -2.56. The van der Waals surface area contributed by atoms with Gasteiger partial charge in [0.05, 0.1) is 117 Å². The van der Waals surface area contributed by atoms with Gasteiger partial charge in [-0.15, -0.1) is 0 Å². The Hall–Kier alpha value is -4.39. The van der Waals surface area contributed by atoms with E-state index >= 15 is 0 Å². The summed E-state index contributed by atoms with van der Waals surface area (Å²) in [5.41, 5.74) is 12.4. The smallest absolute Gasteiger partial charge is 0.312 e. The van der Waals surface area contributed by atoms with Crippen LogP contribution in [0.5, 0.6) is 0 Å². The van der Waals surface area contributed by atoms with Gasteiger partial charge in [-0.2, -0.15) is 0 Å². The number of hydrogen-bond donors (Lipinski definition) is 18. The van der Waals surface area contributed by atoms with Crippen LogP contribution < -0.4 is 38.1 Å². The first-order valence-electron chi connectivity index (χ1n) is 27.2. The van der Waals surface area contributed by atoms with E-state index in [4.69, 9.17) is 50.1 Å². The number of aliphatic hydroxyl groups excluding tert-OH is 11. The summed E-state index contributed by atoms with van der Waals surface area (Å²) in [6, 6.07) is 2.79. The number of hydrogen-bond acceptors (Lipinski definition) is 24. The highest BCUT2D eigenvalue weighted by atomic mass is 16.6. The van der Waals surface area contributed by atoms with Crippen molar-refractivity contribution in [3.63, 3.8) is 0 Å². The van der Waals surface area contributed by atoms with E-state index in [9.17, 15) is 69.9 Å². The van der Waals surface area contributed by atoms with Crippen molar-refractivity contribution < 1.29 is 109 Å². The molecule has 0 aliphatic rings.